The van der Waals surface area contributed by atoms with Gasteiger partial charge in [-0.05, 0) is 38.1 Å². The van der Waals surface area contributed by atoms with E-state index < -0.39 is 0 Å². The molecule has 0 atom stereocenters. The summed E-state index contributed by atoms with van der Waals surface area (Å²) in [4.78, 5) is 4.73. The Morgan fingerprint density at radius 3 is 2.80 bits per heavy atom. The summed E-state index contributed by atoms with van der Waals surface area (Å²) >= 11 is 3.30. The standard InChI is InChI=1S/C18H20N4OS2/c1-4-10-22-13(3)20-21-18(22)25-12-15-11-24-17(19-15)14-6-8-16(9-7-14)23-5-2/h4,6-9,11H,1,5,10,12H2,2-3H3. The monoisotopic (exact) mass is 372 g/mol. The fourth-order valence-electron chi connectivity index (χ4n) is 2.31. The molecule has 0 aliphatic heterocycles. The third-order valence-electron chi connectivity index (χ3n) is 3.53. The number of allylic oxidation sites excluding steroid dienone is 1. The van der Waals surface area contributed by atoms with Crippen molar-refractivity contribution in [3.05, 3.63) is 53.8 Å². The second-order valence-electron chi connectivity index (χ2n) is 5.32. The maximum atomic E-state index is 5.48. The lowest BCUT2D eigenvalue weighted by atomic mass is 10.2. The molecule has 3 aromatic rings. The topological polar surface area (TPSA) is 52.8 Å². The molecule has 0 aliphatic rings. The average Bonchev–Trinajstić information content (AvgIpc) is 3.22. The minimum atomic E-state index is 0.675. The Balaban J connectivity index is 1.66. The van der Waals surface area contributed by atoms with Gasteiger partial charge in [0.05, 0.1) is 12.3 Å². The first-order valence-corrected chi connectivity index (χ1v) is 9.89. The van der Waals surface area contributed by atoms with E-state index >= 15 is 0 Å². The largest absolute Gasteiger partial charge is 0.494 e. The highest BCUT2D eigenvalue weighted by Gasteiger charge is 2.10. The minimum absolute atomic E-state index is 0.675. The summed E-state index contributed by atoms with van der Waals surface area (Å²) in [5.41, 5.74) is 2.15. The van der Waals surface area contributed by atoms with Crippen molar-refractivity contribution < 1.29 is 4.74 Å². The summed E-state index contributed by atoms with van der Waals surface area (Å²) in [5, 5.41) is 12.4. The van der Waals surface area contributed by atoms with Crippen LogP contribution in [-0.2, 0) is 12.3 Å². The first-order valence-electron chi connectivity index (χ1n) is 8.02. The Morgan fingerprint density at radius 1 is 1.28 bits per heavy atom. The number of ether oxygens (including phenoxy) is 1. The summed E-state index contributed by atoms with van der Waals surface area (Å²) in [6.07, 6.45) is 1.85. The van der Waals surface area contributed by atoms with E-state index in [4.69, 9.17) is 9.72 Å². The van der Waals surface area contributed by atoms with Gasteiger partial charge in [0.1, 0.15) is 16.6 Å². The van der Waals surface area contributed by atoms with Crippen molar-refractivity contribution in [2.24, 2.45) is 0 Å². The van der Waals surface area contributed by atoms with Crippen molar-refractivity contribution in [3.63, 3.8) is 0 Å². The Bertz CT molecular complexity index is 839. The molecule has 0 unspecified atom stereocenters. The van der Waals surface area contributed by atoms with Crippen LogP contribution in [0.4, 0.5) is 0 Å². The number of benzene rings is 1. The van der Waals surface area contributed by atoms with Crippen molar-refractivity contribution in [1.29, 1.82) is 0 Å². The molecule has 0 saturated heterocycles. The molecule has 0 aliphatic carbocycles. The molecule has 1 aromatic carbocycles. The van der Waals surface area contributed by atoms with Gasteiger partial charge < -0.3 is 9.30 Å². The van der Waals surface area contributed by atoms with Gasteiger partial charge in [0, 0.05) is 23.2 Å². The Labute approximate surface area is 155 Å². The Hall–Kier alpha value is -2.12. The number of aryl methyl sites for hydroxylation is 1. The summed E-state index contributed by atoms with van der Waals surface area (Å²) in [5.74, 6) is 2.55. The highest BCUT2D eigenvalue weighted by atomic mass is 32.2. The number of aromatic nitrogens is 4. The molecule has 0 N–H and O–H groups in total. The molecule has 0 saturated carbocycles. The van der Waals surface area contributed by atoms with Crippen LogP contribution in [0, 0.1) is 6.92 Å². The summed E-state index contributed by atoms with van der Waals surface area (Å²) in [6, 6.07) is 8.06. The maximum absolute atomic E-state index is 5.48. The van der Waals surface area contributed by atoms with Gasteiger partial charge in [0.15, 0.2) is 5.16 Å². The highest BCUT2D eigenvalue weighted by Crippen LogP contribution is 2.28. The third-order valence-corrected chi connectivity index (χ3v) is 5.47. The summed E-state index contributed by atoms with van der Waals surface area (Å²) < 4.78 is 7.53. The molecule has 2 aromatic heterocycles. The van der Waals surface area contributed by atoms with Gasteiger partial charge in [-0.2, -0.15) is 0 Å². The van der Waals surface area contributed by atoms with Gasteiger partial charge in [0.2, 0.25) is 0 Å². The Morgan fingerprint density at radius 2 is 2.08 bits per heavy atom. The van der Waals surface area contributed by atoms with E-state index in [0.717, 1.165) is 45.3 Å². The number of rotatable bonds is 8. The molecule has 130 valence electrons. The van der Waals surface area contributed by atoms with Crippen LogP contribution < -0.4 is 4.74 Å². The second kappa shape index (κ2) is 8.31. The van der Waals surface area contributed by atoms with Crippen molar-refractivity contribution in [1.82, 2.24) is 19.7 Å². The molecule has 0 bridgehead atoms. The van der Waals surface area contributed by atoms with Crippen molar-refractivity contribution in [2.75, 3.05) is 6.61 Å². The van der Waals surface area contributed by atoms with E-state index in [0.29, 0.717) is 6.61 Å². The molecule has 25 heavy (non-hydrogen) atoms. The number of nitrogens with zero attached hydrogens (tertiary/aromatic N) is 4. The van der Waals surface area contributed by atoms with Crippen molar-refractivity contribution in [2.45, 2.75) is 31.3 Å². The van der Waals surface area contributed by atoms with Crippen LogP contribution in [0.1, 0.15) is 18.4 Å². The lowest BCUT2D eigenvalue weighted by Crippen LogP contribution is -2.00. The predicted octanol–water partition coefficient (Wildman–Crippen LogP) is 4.59. The van der Waals surface area contributed by atoms with E-state index in [2.05, 4.69) is 26.7 Å². The maximum Gasteiger partial charge on any atom is 0.191 e. The number of hydrogen-bond acceptors (Lipinski definition) is 6. The van der Waals surface area contributed by atoms with Crippen LogP contribution >= 0.6 is 23.1 Å². The zero-order valence-electron chi connectivity index (χ0n) is 14.3. The quantitative estimate of drug-likeness (QED) is 0.428. The summed E-state index contributed by atoms with van der Waals surface area (Å²) in [6.45, 7) is 9.11. The van der Waals surface area contributed by atoms with Crippen LogP contribution in [0.15, 0.2) is 47.5 Å². The second-order valence-corrected chi connectivity index (χ2v) is 7.12. The fourth-order valence-corrected chi connectivity index (χ4v) is 4.13. The summed E-state index contributed by atoms with van der Waals surface area (Å²) in [7, 11) is 0. The molecule has 5 nitrogen and oxygen atoms in total. The van der Waals surface area contributed by atoms with E-state index in [1.54, 1.807) is 23.1 Å². The molecule has 0 fully saturated rings. The first-order chi connectivity index (χ1) is 12.2. The van der Waals surface area contributed by atoms with E-state index in [1.807, 2.05) is 44.2 Å². The smallest absolute Gasteiger partial charge is 0.191 e. The number of hydrogen-bond donors (Lipinski definition) is 0. The molecule has 0 radical (unpaired) electrons. The lowest BCUT2D eigenvalue weighted by molar-refractivity contribution is 0.340. The SMILES string of the molecule is C=CCn1c(C)nnc1SCc1csc(-c2ccc(OCC)cc2)n1. The predicted molar refractivity (Wildman–Crippen MR) is 103 cm³/mol. The number of thiazole rings is 1. The zero-order valence-corrected chi connectivity index (χ0v) is 15.9. The molecule has 7 heteroatoms. The fraction of sp³-hybridized carbons (Fsp3) is 0.278. The third kappa shape index (κ3) is 4.29. The van der Waals surface area contributed by atoms with Crippen molar-refractivity contribution in [3.8, 4) is 16.3 Å². The normalized spacial score (nSPS) is 10.8. The molecular weight excluding hydrogens is 352 g/mol. The molecular formula is C18H20N4OS2. The van der Waals surface area contributed by atoms with Crippen LogP contribution in [0.3, 0.4) is 0 Å². The van der Waals surface area contributed by atoms with Crippen LogP contribution in [0.2, 0.25) is 0 Å². The first kappa shape index (κ1) is 17.7. The van der Waals surface area contributed by atoms with Crippen LogP contribution in [0.25, 0.3) is 10.6 Å². The zero-order chi connectivity index (χ0) is 17.6. The van der Waals surface area contributed by atoms with Gasteiger partial charge in [-0.1, -0.05) is 17.8 Å². The molecule has 0 spiro atoms. The molecule has 3 rings (SSSR count). The molecule has 2 heterocycles. The lowest BCUT2D eigenvalue weighted by Gasteiger charge is -2.04. The highest BCUT2D eigenvalue weighted by molar-refractivity contribution is 7.98. The van der Waals surface area contributed by atoms with E-state index in [9.17, 15) is 0 Å². The van der Waals surface area contributed by atoms with Crippen LogP contribution in [0.5, 0.6) is 5.75 Å². The van der Waals surface area contributed by atoms with E-state index in [1.165, 1.54) is 0 Å². The minimum Gasteiger partial charge on any atom is -0.494 e. The van der Waals surface area contributed by atoms with E-state index in [-0.39, 0.29) is 0 Å². The van der Waals surface area contributed by atoms with Gasteiger partial charge >= 0.3 is 0 Å². The Kier molecular flexibility index (Phi) is 5.88. The average molecular weight is 373 g/mol. The van der Waals surface area contributed by atoms with Gasteiger partial charge in [-0.25, -0.2) is 4.98 Å². The number of thioether (sulfide) groups is 1. The van der Waals surface area contributed by atoms with Gasteiger partial charge in [-0.3, -0.25) is 0 Å². The molecule has 0 amide bonds. The van der Waals surface area contributed by atoms with Crippen molar-refractivity contribution >= 4 is 23.1 Å². The van der Waals surface area contributed by atoms with Gasteiger partial charge in [0.25, 0.3) is 0 Å². The van der Waals surface area contributed by atoms with Crippen LogP contribution in [-0.4, -0.2) is 26.4 Å². The van der Waals surface area contributed by atoms with Gasteiger partial charge in [-0.15, -0.1) is 28.1 Å².